The molecule has 21 heavy (non-hydrogen) atoms. The fourth-order valence-electron chi connectivity index (χ4n) is 1.53. The minimum atomic E-state index is 0. The average molecular weight is 291 g/mol. The molecule has 0 aliphatic heterocycles. The number of aromatic nitrogens is 5. The highest BCUT2D eigenvalue weighted by molar-refractivity contribution is 5.81. The van der Waals surface area contributed by atoms with Crippen molar-refractivity contribution in [2.75, 3.05) is 14.1 Å². The number of hydrogen-bond acceptors (Lipinski definition) is 5. The first kappa shape index (κ1) is 18.7. The smallest absolute Gasteiger partial charge is 0.138 e. The maximum atomic E-state index is 4.27. The molecule has 116 valence electrons. The zero-order chi connectivity index (χ0) is 15.1. The first-order chi connectivity index (χ1) is 9.49. The van der Waals surface area contributed by atoms with E-state index in [9.17, 15) is 0 Å². The predicted octanol–water partition coefficient (Wildman–Crippen LogP) is 2.21. The van der Waals surface area contributed by atoms with Crippen LogP contribution < -0.4 is 0 Å². The molecule has 0 radical (unpaired) electrons. The largest absolute Gasteiger partial charge is 0.274 e. The summed E-state index contributed by atoms with van der Waals surface area (Å²) >= 11 is 0. The average Bonchev–Trinajstić information content (AvgIpc) is 3.07. The third kappa shape index (κ3) is 5.29. The third-order valence-electron chi connectivity index (χ3n) is 2.71. The van der Waals surface area contributed by atoms with E-state index < -0.39 is 0 Å². The quantitative estimate of drug-likeness (QED) is 0.551. The van der Waals surface area contributed by atoms with Crippen molar-refractivity contribution in [3.63, 3.8) is 0 Å². The minimum Gasteiger partial charge on any atom is -0.274 e. The summed E-state index contributed by atoms with van der Waals surface area (Å²) in [4.78, 5) is 11.7. The van der Waals surface area contributed by atoms with Crippen LogP contribution in [0.25, 0.3) is 0 Å². The summed E-state index contributed by atoms with van der Waals surface area (Å²) in [6.45, 7) is 7.81. The van der Waals surface area contributed by atoms with E-state index in [2.05, 4.69) is 25.2 Å². The van der Waals surface area contributed by atoms with E-state index in [1.54, 1.807) is 25.1 Å². The molecule has 2 aromatic rings. The maximum absolute atomic E-state index is 4.27. The second-order valence-corrected chi connectivity index (χ2v) is 4.22. The van der Waals surface area contributed by atoms with Crippen molar-refractivity contribution in [2.45, 2.75) is 35.1 Å². The molecular weight excluding hydrogens is 266 g/mol. The summed E-state index contributed by atoms with van der Waals surface area (Å²) in [5.41, 5.74) is 2.16. The van der Waals surface area contributed by atoms with E-state index in [0.717, 1.165) is 23.1 Å². The molecule has 0 saturated heterocycles. The Kier molecular flexibility index (Phi) is 7.81. The van der Waals surface area contributed by atoms with Crippen LogP contribution in [0.1, 0.15) is 32.7 Å². The van der Waals surface area contributed by atoms with Crippen molar-refractivity contribution >= 4 is 11.7 Å². The van der Waals surface area contributed by atoms with Crippen LogP contribution in [0.3, 0.4) is 0 Å². The molecule has 2 aromatic heterocycles. The van der Waals surface area contributed by atoms with Crippen LogP contribution in [0.2, 0.25) is 0 Å². The van der Waals surface area contributed by atoms with Crippen molar-refractivity contribution < 1.29 is 0 Å². The van der Waals surface area contributed by atoms with Crippen molar-refractivity contribution in [3.05, 3.63) is 30.1 Å². The van der Waals surface area contributed by atoms with E-state index in [1.165, 1.54) is 6.33 Å². The van der Waals surface area contributed by atoms with Gasteiger partial charge in [0.15, 0.2) is 0 Å². The van der Waals surface area contributed by atoms with Crippen LogP contribution in [-0.4, -0.2) is 50.3 Å². The minimum absolute atomic E-state index is 0. The van der Waals surface area contributed by atoms with Crippen molar-refractivity contribution in [3.8, 4) is 0 Å². The summed E-state index contributed by atoms with van der Waals surface area (Å²) in [6.07, 6.45) is 3.09. The van der Waals surface area contributed by atoms with Crippen molar-refractivity contribution in [2.24, 2.45) is 9.98 Å². The Morgan fingerprint density at radius 2 is 1.71 bits per heavy atom. The van der Waals surface area contributed by atoms with Gasteiger partial charge < -0.3 is 0 Å². The lowest BCUT2D eigenvalue weighted by atomic mass is 10.4. The molecule has 0 amide bonds. The van der Waals surface area contributed by atoms with Crippen LogP contribution >= 0.6 is 0 Å². The zero-order valence-electron chi connectivity index (χ0n) is 12.9. The summed E-state index contributed by atoms with van der Waals surface area (Å²) < 4.78 is 3.45. The molecule has 0 bridgehead atoms. The summed E-state index contributed by atoms with van der Waals surface area (Å²) in [5, 5.41) is 8.13. The Labute approximate surface area is 126 Å². The van der Waals surface area contributed by atoms with Crippen LogP contribution in [-0.2, 0) is 0 Å². The molecular formula is C14H25N7. The number of hydrogen-bond donors (Lipinski definition) is 0. The lowest BCUT2D eigenvalue weighted by Crippen LogP contribution is -2.10. The van der Waals surface area contributed by atoms with Gasteiger partial charge in [-0.3, -0.25) is 9.98 Å². The van der Waals surface area contributed by atoms with Crippen LogP contribution in [0, 0.1) is 13.8 Å². The van der Waals surface area contributed by atoms with Gasteiger partial charge in [0.05, 0.1) is 5.69 Å². The Morgan fingerprint density at radius 3 is 2.10 bits per heavy atom. The second kappa shape index (κ2) is 8.78. The highest BCUT2D eigenvalue weighted by Crippen LogP contribution is 2.00. The standard InChI is InChI=1S/C8H13N3.C5H8N4.CH4/c1-6-5-7(2)11(10-6)8(3)9-4;1-5(6-2)9-4-7-3-8-9;/h5H,1-4H3;3-4H,1-2H3;1H4. The number of rotatable bonds is 0. The molecule has 7 nitrogen and oxygen atoms in total. The van der Waals surface area contributed by atoms with E-state index in [4.69, 9.17) is 0 Å². The lowest BCUT2D eigenvalue weighted by molar-refractivity contribution is 0.872. The predicted molar refractivity (Wildman–Crippen MR) is 87.3 cm³/mol. The topological polar surface area (TPSA) is 73.2 Å². The second-order valence-electron chi connectivity index (χ2n) is 4.22. The summed E-state index contributed by atoms with van der Waals surface area (Å²) in [7, 11) is 3.49. The van der Waals surface area contributed by atoms with E-state index in [1.807, 2.05) is 38.4 Å². The fraction of sp³-hybridized carbons (Fsp3) is 0.500. The van der Waals surface area contributed by atoms with Gasteiger partial charge in [-0.05, 0) is 33.8 Å². The molecule has 0 N–H and O–H groups in total. The molecule has 0 fully saturated rings. The van der Waals surface area contributed by atoms with Gasteiger partial charge in [-0.1, -0.05) is 7.43 Å². The third-order valence-corrected chi connectivity index (χ3v) is 2.71. The van der Waals surface area contributed by atoms with E-state index >= 15 is 0 Å². The highest BCUT2D eigenvalue weighted by atomic mass is 15.3. The van der Waals surface area contributed by atoms with Crippen LogP contribution in [0.15, 0.2) is 28.7 Å². The van der Waals surface area contributed by atoms with Gasteiger partial charge >= 0.3 is 0 Å². The number of nitrogens with zero attached hydrogens (tertiary/aromatic N) is 7. The molecule has 2 heterocycles. The first-order valence-corrected chi connectivity index (χ1v) is 6.25. The normalized spacial score (nSPS) is 11.5. The van der Waals surface area contributed by atoms with Gasteiger partial charge in [0.25, 0.3) is 0 Å². The molecule has 0 unspecified atom stereocenters. The van der Waals surface area contributed by atoms with Gasteiger partial charge in [-0.2, -0.15) is 10.2 Å². The first-order valence-electron chi connectivity index (χ1n) is 6.25. The molecule has 0 aliphatic carbocycles. The molecule has 2 rings (SSSR count). The Morgan fingerprint density at radius 1 is 1.10 bits per heavy atom. The Balaban J connectivity index is 0.000000370. The lowest BCUT2D eigenvalue weighted by Gasteiger charge is -2.00. The van der Waals surface area contributed by atoms with Crippen molar-refractivity contribution in [1.82, 2.24) is 24.5 Å². The highest BCUT2D eigenvalue weighted by Gasteiger charge is 2.01. The van der Waals surface area contributed by atoms with Gasteiger partial charge in [-0.15, -0.1) is 0 Å². The Hall–Kier alpha value is -2.31. The monoisotopic (exact) mass is 291 g/mol. The van der Waals surface area contributed by atoms with Gasteiger partial charge in [-0.25, -0.2) is 14.3 Å². The fourth-order valence-corrected chi connectivity index (χ4v) is 1.53. The van der Waals surface area contributed by atoms with Gasteiger partial charge in [0.1, 0.15) is 24.3 Å². The summed E-state index contributed by atoms with van der Waals surface area (Å²) in [5.74, 6) is 1.77. The molecule has 0 atom stereocenters. The number of aryl methyl sites for hydroxylation is 2. The van der Waals surface area contributed by atoms with E-state index in [0.29, 0.717) is 0 Å². The molecule has 0 spiro atoms. The molecule has 0 aromatic carbocycles. The van der Waals surface area contributed by atoms with Gasteiger partial charge in [0, 0.05) is 19.8 Å². The number of aliphatic imine (C=N–C) groups is 2. The Bertz CT molecular complexity index is 591. The zero-order valence-corrected chi connectivity index (χ0v) is 12.9. The maximum Gasteiger partial charge on any atom is 0.138 e. The van der Waals surface area contributed by atoms with Crippen LogP contribution in [0.5, 0.6) is 0 Å². The SMILES string of the molecule is C.CN=C(C)n1cncn1.CN=C(C)n1nc(C)cc1C. The van der Waals surface area contributed by atoms with Crippen molar-refractivity contribution in [1.29, 1.82) is 0 Å². The van der Waals surface area contributed by atoms with Gasteiger partial charge in [0.2, 0.25) is 0 Å². The molecule has 0 aliphatic rings. The van der Waals surface area contributed by atoms with E-state index in [-0.39, 0.29) is 7.43 Å². The van der Waals surface area contributed by atoms with Crippen LogP contribution in [0.4, 0.5) is 0 Å². The summed E-state index contributed by atoms with van der Waals surface area (Å²) in [6, 6.07) is 2.04. The molecule has 0 saturated carbocycles. The molecule has 7 heteroatoms.